The Hall–Kier alpha value is -1.63. The number of hydrogen-bond acceptors (Lipinski definition) is 5. The van der Waals surface area contributed by atoms with E-state index in [1.54, 1.807) is 14.0 Å². The predicted octanol–water partition coefficient (Wildman–Crippen LogP) is -0.816. The number of aromatic nitrogens is 3. The van der Waals surface area contributed by atoms with Crippen LogP contribution in [0.2, 0.25) is 0 Å². The summed E-state index contributed by atoms with van der Waals surface area (Å²) in [7, 11) is 1.58. The van der Waals surface area contributed by atoms with Crippen LogP contribution < -0.4 is 11.1 Å². The Labute approximate surface area is 87.6 Å². The van der Waals surface area contributed by atoms with Gasteiger partial charge in [-0.15, -0.1) is 5.10 Å². The third-order valence-electron chi connectivity index (χ3n) is 1.91. The molecule has 1 aromatic heterocycles. The molecule has 1 rings (SSSR count). The number of nitrogens with zero attached hydrogens (tertiary/aromatic N) is 3. The number of amides is 1. The molecule has 7 nitrogen and oxygen atoms in total. The van der Waals surface area contributed by atoms with Gasteiger partial charge in [0.15, 0.2) is 0 Å². The number of nitrogens with two attached hydrogens (primary N) is 1. The van der Waals surface area contributed by atoms with Crippen LogP contribution in [-0.4, -0.2) is 40.9 Å². The van der Waals surface area contributed by atoms with Gasteiger partial charge in [-0.1, -0.05) is 0 Å². The molecule has 0 spiro atoms. The fourth-order valence-corrected chi connectivity index (χ4v) is 1.02. The van der Waals surface area contributed by atoms with E-state index in [9.17, 15) is 4.79 Å². The molecule has 0 aliphatic carbocycles. The third kappa shape index (κ3) is 3.21. The Morgan fingerprint density at radius 1 is 1.80 bits per heavy atom. The summed E-state index contributed by atoms with van der Waals surface area (Å²) in [5.74, 6) is 0.0171. The van der Waals surface area contributed by atoms with Crippen LogP contribution in [-0.2, 0) is 9.53 Å². The van der Waals surface area contributed by atoms with E-state index in [1.807, 2.05) is 0 Å². The molecule has 1 unspecified atom stereocenters. The summed E-state index contributed by atoms with van der Waals surface area (Å²) in [5.41, 5.74) is 5.34. The fourth-order valence-electron chi connectivity index (χ4n) is 1.02. The van der Waals surface area contributed by atoms with Gasteiger partial charge in [-0.3, -0.25) is 4.79 Å². The van der Waals surface area contributed by atoms with Crippen LogP contribution in [0.3, 0.4) is 0 Å². The predicted molar refractivity (Wildman–Crippen MR) is 54.0 cm³/mol. The van der Waals surface area contributed by atoms with Crippen LogP contribution in [0.4, 0.5) is 5.95 Å². The molecule has 84 valence electrons. The van der Waals surface area contributed by atoms with Crippen LogP contribution in [0.15, 0.2) is 6.33 Å². The highest BCUT2D eigenvalue weighted by atomic mass is 16.5. The van der Waals surface area contributed by atoms with Crippen molar-refractivity contribution in [2.24, 2.45) is 0 Å². The number of carbonyl (C=O) groups excluding carboxylic acids is 1. The molecule has 0 fully saturated rings. The molecule has 0 radical (unpaired) electrons. The van der Waals surface area contributed by atoms with Crippen molar-refractivity contribution in [1.29, 1.82) is 0 Å². The number of anilines is 1. The standard InChI is InChI=1S/C8H15N5O2/c1-6(7(14)10-3-4-15-2)13-5-11-8(9)12-13/h5-6H,3-4H2,1-2H3,(H2,9,12)(H,10,14). The van der Waals surface area contributed by atoms with Gasteiger partial charge < -0.3 is 15.8 Å². The summed E-state index contributed by atoms with van der Waals surface area (Å²) in [6.07, 6.45) is 1.43. The van der Waals surface area contributed by atoms with Crippen LogP contribution >= 0.6 is 0 Å². The highest BCUT2D eigenvalue weighted by molar-refractivity contribution is 5.79. The monoisotopic (exact) mass is 213 g/mol. The largest absolute Gasteiger partial charge is 0.383 e. The first-order valence-corrected chi connectivity index (χ1v) is 4.58. The third-order valence-corrected chi connectivity index (χ3v) is 1.91. The second-order valence-corrected chi connectivity index (χ2v) is 3.04. The highest BCUT2D eigenvalue weighted by Gasteiger charge is 2.15. The maximum absolute atomic E-state index is 11.5. The van der Waals surface area contributed by atoms with Gasteiger partial charge in [0.2, 0.25) is 11.9 Å². The molecular weight excluding hydrogens is 198 g/mol. The SMILES string of the molecule is COCCNC(=O)C(C)n1cnc(N)n1. The van der Waals surface area contributed by atoms with Gasteiger partial charge in [0, 0.05) is 13.7 Å². The maximum atomic E-state index is 11.5. The molecule has 0 saturated carbocycles. The normalized spacial score (nSPS) is 12.4. The summed E-state index contributed by atoms with van der Waals surface area (Å²) in [4.78, 5) is 15.3. The number of hydrogen-bond donors (Lipinski definition) is 2. The zero-order chi connectivity index (χ0) is 11.3. The first-order chi connectivity index (χ1) is 7.15. The first-order valence-electron chi connectivity index (χ1n) is 4.58. The van der Waals surface area contributed by atoms with Crippen molar-refractivity contribution in [3.05, 3.63) is 6.33 Å². The molecule has 1 amide bonds. The lowest BCUT2D eigenvalue weighted by molar-refractivity contribution is -0.124. The van der Waals surface area contributed by atoms with Crippen LogP contribution in [0.5, 0.6) is 0 Å². The van der Waals surface area contributed by atoms with E-state index < -0.39 is 6.04 Å². The lowest BCUT2D eigenvalue weighted by Gasteiger charge is -2.11. The average Bonchev–Trinajstić information content (AvgIpc) is 2.64. The summed E-state index contributed by atoms with van der Waals surface area (Å²) in [6.45, 7) is 2.68. The number of nitrogen functional groups attached to an aromatic ring is 1. The molecule has 0 aliphatic heterocycles. The molecule has 0 bridgehead atoms. The lowest BCUT2D eigenvalue weighted by Crippen LogP contribution is -2.33. The Morgan fingerprint density at radius 2 is 2.53 bits per heavy atom. The minimum atomic E-state index is -0.424. The molecule has 3 N–H and O–H groups in total. The summed E-state index contributed by atoms with van der Waals surface area (Å²) >= 11 is 0. The van der Waals surface area contributed by atoms with E-state index >= 15 is 0 Å². The second-order valence-electron chi connectivity index (χ2n) is 3.04. The quantitative estimate of drug-likeness (QED) is 0.623. The van der Waals surface area contributed by atoms with E-state index in [0.717, 1.165) is 0 Å². The van der Waals surface area contributed by atoms with Gasteiger partial charge in [-0.25, -0.2) is 9.67 Å². The smallest absolute Gasteiger partial charge is 0.244 e. The minimum Gasteiger partial charge on any atom is -0.383 e. The maximum Gasteiger partial charge on any atom is 0.244 e. The van der Waals surface area contributed by atoms with E-state index in [4.69, 9.17) is 10.5 Å². The zero-order valence-corrected chi connectivity index (χ0v) is 8.80. The van der Waals surface area contributed by atoms with E-state index in [-0.39, 0.29) is 11.9 Å². The fraction of sp³-hybridized carbons (Fsp3) is 0.625. The zero-order valence-electron chi connectivity index (χ0n) is 8.80. The van der Waals surface area contributed by atoms with Gasteiger partial charge >= 0.3 is 0 Å². The summed E-state index contributed by atoms with van der Waals surface area (Å²) < 4.78 is 6.23. The number of nitrogens with one attached hydrogen (secondary N) is 1. The van der Waals surface area contributed by atoms with Gasteiger partial charge in [-0.05, 0) is 6.92 Å². The molecule has 0 aromatic carbocycles. The van der Waals surface area contributed by atoms with E-state index in [2.05, 4.69) is 15.4 Å². The second kappa shape index (κ2) is 5.30. The molecule has 15 heavy (non-hydrogen) atoms. The van der Waals surface area contributed by atoms with Gasteiger partial charge in [0.25, 0.3) is 0 Å². The molecule has 0 saturated heterocycles. The van der Waals surface area contributed by atoms with Gasteiger partial charge in [-0.2, -0.15) is 0 Å². The van der Waals surface area contributed by atoms with E-state index in [1.165, 1.54) is 11.0 Å². The van der Waals surface area contributed by atoms with Crippen molar-refractivity contribution in [1.82, 2.24) is 20.1 Å². The first kappa shape index (κ1) is 11.4. The summed E-state index contributed by atoms with van der Waals surface area (Å²) in [6, 6.07) is -0.424. The summed E-state index contributed by atoms with van der Waals surface area (Å²) in [5, 5.41) is 6.55. The Balaban J connectivity index is 2.46. The number of rotatable bonds is 5. The van der Waals surface area contributed by atoms with Crippen molar-refractivity contribution < 1.29 is 9.53 Å². The molecule has 1 heterocycles. The van der Waals surface area contributed by atoms with Crippen LogP contribution in [0, 0.1) is 0 Å². The number of carbonyl (C=O) groups is 1. The van der Waals surface area contributed by atoms with Crippen molar-refractivity contribution in [3.8, 4) is 0 Å². The van der Waals surface area contributed by atoms with Crippen LogP contribution in [0.1, 0.15) is 13.0 Å². The molecule has 1 atom stereocenters. The number of methoxy groups -OCH3 is 1. The average molecular weight is 213 g/mol. The van der Waals surface area contributed by atoms with Crippen molar-refractivity contribution in [2.45, 2.75) is 13.0 Å². The molecular formula is C8H15N5O2. The van der Waals surface area contributed by atoms with Crippen molar-refractivity contribution in [2.75, 3.05) is 26.0 Å². The molecule has 0 aliphatic rings. The highest BCUT2D eigenvalue weighted by Crippen LogP contribution is 2.03. The van der Waals surface area contributed by atoms with Crippen LogP contribution in [0.25, 0.3) is 0 Å². The minimum absolute atomic E-state index is 0.142. The van der Waals surface area contributed by atoms with Gasteiger partial charge in [0.05, 0.1) is 6.61 Å². The molecule has 1 aromatic rings. The van der Waals surface area contributed by atoms with Gasteiger partial charge in [0.1, 0.15) is 12.4 Å². The van der Waals surface area contributed by atoms with E-state index in [0.29, 0.717) is 13.2 Å². The Bertz CT molecular complexity index is 325. The number of ether oxygens (including phenoxy) is 1. The van der Waals surface area contributed by atoms with Crippen molar-refractivity contribution in [3.63, 3.8) is 0 Å². The topological polar surface area (TPSA) is 95.1 Å². The molecule has 7 heteroatoms. The Kier molecular flexibility index (Phi) is 4.04. The lowest BCUT2D eigenvalue weighted by atomic mass is 10.3. The van der Waals surface area contributed by atoms with Crippen molar-refractivity contribution >= 4 is 11.9 Å². The Morgan fingerprint density at radius 3 is 3.07 bits per heavy atom.